The molecule has 1 unspecified atom stereocenters. The van der Waals surface area contributed by atoms with Gasteiger partial charge in [-0.15, -0.1) is 0 Å². The summed E-state index contributed by atoms with van der Waals surface area (Å²) in [5, 5.41) is 0. The van der Waals surface area contributed by atoms with E-state index in [4.69, 9.17) is 0 Å². The van der Waals surface area contributed by atoms with Crippen molar-refractivity contribution in [1.82, 2.24) is 0 Å². The first-order valence-corrected chi connectivity index (χ1v) is 7.14. The fraction of sp³-hybridized carbons (Fsp3) is 0.417. The van der Waals surface area contributed by atoms with Crippen LogP contribution >= 0.6 is 38.5 Å². The molecule has 0 saturated carbocycles. The summed E-state index contributed by atoms with van der Waals surface area (Å²) in [5.41, 5.74) is 1.01. The lowest BCUT2D eigenvalue weighted by Crippen LogP contribution is -2.16. The molecule has 0 aromatic heterocycles. The van der Waals surface area contributed by atoms with E-state index >= 15 is 0 Å². The van der Waals surface area contributed by atoms with E-state index in [0.29, 0.717) is 12.8 Å². The van der Waals surface area contributed by atoms with Crippen LogP contribution in [0.15, 0.2) is 18.2 Å². The van der Waals surface area contributed by atoms with Gasteiger partial charge in [0, 0.05) is 9.99 Å². The largest absolute Gasteiger partial charge is 0.298 e. The molecule has 0 aliphatic heterocycles. The third kappa shape index (κ3) is 4.13. The third-order valence-electron chi connectivity index (χ3n) is 2.26. The van der Waals surface area contributed by atoms with E-state index in [1.165, 1.54) is 12.1 Å². The maximum atomic E-state index is 12.9. The summed E-state index contributed by atoms with van der Waals surface area (Å²) in [6.45, 7) is 1.99. The Kier molecular flexibility index (Phi) is 5.89. The van der Waals surface area contributed by atoms with Gasteiger partial charge in [0.25, 0.3) is 0 Å². The number of Topliss-reactive ketones (excluding diaryl/α,β-unsaturated/α-hetero) is 1. The predicted octanol–water partition coefficient (Wildman–Crippen LogP) is 4.11. The number of benzene rings is 1. The van der Waals surface area contributed by atoms with Crippen molar-refractivity contribution in [3.05, 3.63) is 33.1 Å². The number of alkyl halides is 1. The lowest BCUT2D eigenvalue weighted by molar-refractivity contribution is -0.118. The quantitative estimate of drug-likeness (QED) is 0.539. The monoisotopic (exact) mass is 398 g/mol. The Hall–Kier alpha value is 0.0300. The highest BCUT2D eigenvalue weighted by Gasteiger charge is 2.15. The summed E-state index contributed by atoms with van der Waals surface area (Å²) in [4.78, 5) is 11.4. The smallest absolute Gasteiger partial charge is 0.146 e. The van der Waals surface area contributed by atoms with Crippen LogP contribution in [0.4, 0.5) is 4.39 Å². The van der Waals surface area contributed by atoms with Gasteiger partial charge in [-0.05, 0) is 53.1 Å². The van der Waals surface area contributed by atoms with Gasteiger partial charge in [0.15, 0.2) is 0 Å². The normalized spacial score (nSPS) is 12.5. The Bertz CT molecular complexity index is 381. The van der Waals surface area contributed by atoms with Gasteiger partial charge in [0.2, 0.25) is 0 Å². The van der Waals surface area contributed by atoms with Gasteiger partial charge < -0.3 is 0 Å². The summed E-state index contributed by atoms with van der Waals surface area (Å²) in [6.07, 6.45) is 2.08. The SMILES string of the molecule is CCCC(=O)C(Br)Cc1ccc(F)cc1I. The number of rotatable bonds is 5. The van der Waals surface area contributed by atoms with Crippen molar-refractivity contribution in [2.75, 3.05) is 0 Å². The summed E-state index contributed by atoms with van der Waals surface area (Å²) in [6, 6.07) is 4.66. The van der Waals surface area contributed by atoms with Crippen LogP contribution < -0.4 is 0 Å². The molecule has 1 nitrogen and oxygen atoms in total. The molecule has 1 aromatic rings. The summed E-state index contributed by atoms with van der Waals surface area (Å²) >= 11 is 5.48. The average Bonchev–Trinajstić information content (AvgIpc) is 2.22. The highest BCUT2D eigenvalue weighted by molar-refractivity contribution is 14.1. The Balaban J connectivity index is 2.69. The van der Waals surface area contributed by atoms with Crippen LogP contribution in [0, 0.1) is 9.39 Å². The number of carbonyl (C=O) groups is 1. The molecule has 0 amide bonds. The summed E-state index contributed by atoms with van der Waals surface area (Å²) in [7, 11) is 0. The fourth-order valence-corrected chi connectivity index (χ4v) is 2.67. The lowest BCUT2D eigenvalue weighted by Gasteiger charge is -2.09. The molecule has 88 valence electrons. The molecular weight excluding hydrogens is 386 g/mol. The molecule has 0 spiro atoms. The van der Waals surface area contributed by atoms with E-state index < -0.39 is 0 Å². The van der Waals surface area contributed by atoms with Gasteiger partial charge >= 0.3 is 0 Å². The lowest BCUT2D eigenvalue weighted by atomic mass is 10.1. The number of hydrogen-bond donors (Lipinski definition) is 0. The Morgan fingerprint density at radius 2 is 2.25 bits per heavy atom. The first kappa shape index (κ1) is 14.1. The van der Waals surface area contributed by atoms with Crippen molar-refractivity contribution >= 4 is 44.3 Å². The molecule has 4 heteroatoms. The Morgan fingerprint density at radius 3 is 2.81 bits per heavy atom. The van der Waals surface area contributed by atoms with Crippen LogP contribution in [0.25, 0.3) is 0 Å². The number of ketones is 1. The van der Waals surface area contributed by atoms with Crippen molar-refractivity contribution in [3.63, 3.8) is 0 Å². The van der Waals surface area contributed by atoms with Gasteiger partial charge in [-0.3, -0.25) is 4.79 Å². The molecule has 0 aliphatic carbocycles. The number of hydrogen-bond acceptors (Lipinski definition) is 1. The Labute approximate surface area is 117 Å². The summed E-state index contributed by atoms with van der Waals surface area (Å²) in [5.74, 6) is -0.0261. The first-order chi connectivity index (χ1) is 7.54. The van der Waals surface area contributed by atoms with Crippen molar-refractivity contribution in [2.45, 2.75) is 31.0 Å². The molecule has 16 heavy (non-hydrogen) atoms. The standard InChI is InChI=1S/C12H13BrFIO/c1-2-3-12(16)10(13)6-8-4-5-9(14)7-11(8)15/h4-5,7,10H,2-3,6H2,1H3. The minimum Gasteiger partial charge on any atom is -0.298 e. The van der Waals surface area contributed by atoms with E-state index in [-0.39, 0.29) is 16.4 Å². The maximum absolute atomic E-state index is 12.9. The predicted molar refractivity (Wildman–Crippen MR) is 75.5 cm³/mol. The van der Waals surface area contributed by atoms with Crippen LogP contribution in [0.3, 0.4) is 0 Å². The molecule has 0 bridgehead atoms. The second kappa shape index (κ2) is 6.69. The van der Waals surface area contributed by atoms with E-state index in [2.05, 4.69) is 38.5 Å². The van der Waals surface area contributed by atoms with Gasteiger partial charge in [-0.1, -0.05) is 28.9 Å². The fourth-order valence-electron chi connectivity index (χ4n) is 1.40. The number of carbonyl (C=O) groups excluding carboxylic acids is 1. The molecular formula is C12H13BrFIO. The van der Waals surface area contributed by atoms with Crippen LogP contribution in [0.2, 0.25) is 0 Å². The van der Waals surface area contributed by atoms with Crippen LogP contribution in [-0.4, -0.2) is 10.6 Å². The molecule has 0 radical (unpaired) electrons. The molecule has 1 aromatic carbocycles. The van der Waals surface area contributed by atoms with E-state index in [1.807, 2.05) is 6.92 Å². The molecule has 0 N–H and O–H groups in total. The zero-order chi connectivity index (χ0) is 12.1. The second-order valence-electron chi connectivity index (χ2n) is 3.62. The van der Waals surface area contributed by atoms with E-state index in [1.54, 1.807) is 6.07 Å². The topological polar surface area (TPSA) is 17.1 Å². The molecule has 1 atom stereocenters. The van der Waals surface area contributed by atoms with Crippen molar-refractivity contribution in [2.24, 2.45) is 0 Å². The minimum atomic E-state index is -0.237. The van der Waals surface area contributed by atoms with Gasteiger partial charge in [0.1, 0.15) is 11.6 Å². The van der Waals surface area contributed by atoms with Crippen molar-refractivity contribution in [1.29, 1.82) is 0 Å². The average molecular weight is 399 g/mol. The third-order valence-corrected chi connectivity index (χ3v) is 4.10. The van der Waals surface area contributed by atoms with Crippen LogP contribution in [-0.2, 0) is 11.2 Å². The van der Waals surface area contributed by atoms with Gasteiger partial charge in [-0.25, -0.2) is 4.39 Å². The van der Waals surface area contributed by atoms with Gasteiger partial charge in [0.05, 0.1) is 4.83 Å². The van der Waals surface area contributed by atoms with Crippen LogP contribution in [0.5, 0.6) is 0 Å². The van der Waals surface area contributed by atoms with Crippen LogP contribution in [0.1, 0.15) is 25.3 Å². The van der Waals surface area contributed by atoms with E-state index in [9.17, 15) is 9.18 Å². The van der Waals surface area contributed by atoms with Crippen molar-refractivity contribution < 1.29 is 9.18 Å². The van der Waals surface area contributed by atoms with Crippen molar-refractivity contribution in [3.8, 4) is 0 Å². The molecule has 1 rings (SSSR count). The number of halogens is 3. The first-order valence-electron chi connectivity index (χ1n) is 5.15. The highest BCUT2D eigenvalue weighted by atomic mass is 127. The molecule has 0 aliphatic rings. The maximum Gasteiger partial charge on any atom is 0.146 e. The molecule has 0 fully saturated rings. The highest BCUT2D eigenvalue weighted by Crippen LogP contribution is 2.19. The zero-order valence-electron chi connectivity index (χ0n) is 8.97. The van der Waals surface area contributed by atoms with Gasteiger partial charge in [-0.2, -0.15) is 0 Å². The molecule has 0 heterocycles. The second-order valence-corrected chi connectivity index (χ2v) is 5.89. The zero-order valence-corrected chi connectivity index (χ0v) is 12.7. The minimum absolute atomic E-state index is 0.161. The van der Waals surface area contributed by atoms with E-state index in [0.717, 1.165) is 15.6 Å². The molecule has 0 saturated heterocycles. The summed E-state index contributed by atoms with van der Waals surface area (Å²) < 4.78 is 13.7. The Morgan fingerprint density at radius 1 is 1.56 bits per heavy atom.